The summed E-state index contributed by atoms with van der Waals surface area (Å²) < 4.78 is 1.31. The topological polar surface area (TPSA) is 29.4 Å². The van der Waals surface area contributed by atoms with Gasteiger partial charge in [0.1, 0.15) is 0 Å². The second kappa shape index (κ2) is 4.59. The molecule has 1 aromatic heterocycles. The van der Waals surface area contributed by atoms with E-state index in [4.69, 9.17) is 0 Å². The summed E-state index contributed by atoms with van der Waals surface area (Å²) in [5.74, 6) is 0. The van der Waals surface area contributed by atoms with E-state index in [9.17, 15) is 4.79 Å². The second-order valence-corrected chi connectivity index (χ2v) is 6.69. The van der Waals surface area contributed by atoms with E-state index in [0.717, 1.165) is 25.7 Å². The number of rotatable bonds is 2. The number of carbonyl (C=O) groups excluding carboxylic acids is 1. The molecule has 0 unspecified atom stereocenters. The van der Waals surface area contributed by atoms with Crippen LogP contribution in [-0.2, 0) is 10.3 Å². The van der Waals surface area contributed by atoms with Crippen molar-refractivity contribution in [1.82, 2.24) is 0 Å². The Labute approximate surface area is 117 Å². The molecule has 1 aliphatic carbocycles. The fourth-order valence-corrected chi connectivity index (χ4v) is 4.26. The van der Waals surface area contributed by atoms with Crippen LogP contribution in [0.3, 0.4) is 0 Å². The van der Waals surface area contributed by atoms with Crippen LogP contribution in [0.1, 0.15) is 41.7 Å². The van der Waals surface area contributed by atoms with E-state index in [1.165, 1.54) is 26.1 Å². The Kier molecular flexibility index (Phi) is 3.04. The van der Waals surface area contributed by atoms with E-state index in [1.54, 1.807) is 6.08 Å². The van der Waals surface area contributed by atoms with Gasteiger partial charge in [0, 0.05) is 9.58 Å². The van der Waals surface area contributed by atoms with Crippen molar-refractivity contribution in [3.8, 4) is 0 Å². The van der Waals surface area contributed by atoms with Crippen LogP contribution in [0, 0.1) is 13.8 Å². The van der Waals surface area contributed by atoms with Crippen LogP contribution < -0.4 is 0 Å². The Morgan fingerprint density at radius 2 is 2.00 bits per heavy atom. The maximum atomic E-state index is 10.8. The quantitative estimate of drug-likeness (QED) is 0.578. The van der Waals surface area contributed by atoms with Crippen molar-refractivity contribution < 1.29 is 4.79 Å². The molecule has 3 rings (SSSR count). The molecule has 0 aliphatic heterocycles. The Morgan fingerprint density at radius 1 is 1.26 bits per heavy atom. The van der Waals surface area contributed by atoms with Gasteiger partial charge in [0.25, 0.3) is 0 Å². The number of fused-ring (bicyclic) bond motifs is 1. The zero-order chi connectivity index (χ0) is 13.5. The van der Waals surface area contributed by atoms with Gasteiger partial charge in [-0.3, -0.25) is 0 Å². The zero-order valence-corrected chi connectivity index (χ0v) is 12.1. The molecular weight excluding hydrogens is 254 g/mol. The van der Waals surface area contributed by atoms with Gasteiger partial charge in [-0.1, -0.05) is 25.0 Å². The van der Waals surface area contributed by atoms with Crippen LogP contribution in [0.2, 0.25) is 0 Å². The predicted molar refractivity (Wildman–Crippen MR) is 79.6 cm³/mol. The smallest absolute Gasteiger partial charge is 0.211 e. The first-order valence-electron chi connectivity index (χ1n) is 6.75. The molecule has 2 aromatic rings. The Bertz CT molecular complexity index is 673. The predicted octanol–water partition coefficient (Wildman–Crippen LogP) is 4.62. The molecule has 0 N–H and O–H groups in total. The molecule has 0 bridgehead atoms. The molecule has 0 atom stereocenters. The highest BCUT2D eigenvalue weighted by Gasteiger charge is 2.35. The molecule has 1 aliphatic rings. The van der Waals surface area contributed by atoms with Gasteiger partial charge in [-0.25, -0.2) is 4.79 Å². The molecule has 0 spiro atoms. The summed E-state index contributed by atoms with van der Waals surface area (Å²) in [5.41, 5.74) is 2.25. The highest BCUT2D eigenvalue weighted by Crippen LogP contribution is 2.44. The summed E-state index contributed by atoms with van der Waals surface area (Å²) >= 11 is 1.83. The molecule has 2 nitrogen and oxygen atoms in total. The number of hydrogen-bond donors (Lipinski definition) is 0. The number of isocyanates is 1. The van der Waals surface area contributed by atoms with Gasteiger partial charge >= 0.3 is 0 Å². The van der Waals surface area contributed by atoms with Crippen LogP contribution in [0.25, 0.3) is 10.1 Å². The fraction of sp³-hybridized carbons (Fsp3) is 0.438. The lowest BCUT2D eigenvalue weighted by atomic mass is 9.88. The van der Waals surface area contributed by atoms with Crippen LogP contribution in [0.5, 0.6) is 0 Å². The summed E-state index contributed by atoms with van der Waals surface area (Å²) in [6.07, 6.45) is 6.02. The molecule has 0 radical (unpaired) electrons. The largest absolute Gasteiger partial charge is 0.235 e. The van der Waals surface area contributed by atoms with Crippen molar-refractivity contribution in [1.29, 1.82) is 0 Å². The number of hydrogen-bond acceptors (Lipinski definition) is 3. The van der Waals surface area contributed by atoms with Gasteiger partial charge in [0.2, 0.25) is 6.08 Å². The molecule has 1 aromatic carbocycles. The van der Waals surface area contributed by atoms with E-state index in [1.807, 2.05) is 11.3 Å². The van der Waals surface area contributed by atoms with Gasteiger partial charge < -0.3 is 0 Å². The Balaban J connectivity index is 2.17. The molecule has 0 saturated heterocycles. The lowest BCUT2D eigenvalue weighted by Gasteiger charge is -2.22. The first-order chi connectivity index (χ1) is 9.16. The lowest BCUT2D eigenvalue weighted by Crippen LogP contribution is -2.18. The summed E-state index contributed by atoms with van der Waals surface area (Å²) in [7, 11) is 0. The molecule has 0 amide bonds. The van der Waals surface area contributed by atoms with Crippen LogP contribution in [-0.4, -0.2) is 6.08 Å². The van der Waals surface area contributed by atoms with Gasteiger partial charge in [0.15, 0.2) is 0 Å². The summed E-state index contributed by atoms with van der Waals surface area (Å²) in [6, 6.07) is 6.56. The molecule has 1 heterocycles. The number of thiophene rings is 1. The minimum atomic E-state index is -0.304. The average Bonchev–Trinajstić information content (AvgIpc) is 2.97. The molecule has 1 saturated carbocycles. The van der Waals surface area contributed by atoms with Crippen LogP contribution in [0.4, 0.5) is 0 Å². The highest BCUT2D eigenvalue weighted by molar-refractivity contribution is 7.19. The van der Waals surface area contributed by atoms with Crippen LogP contribution >= 0.6 is 11.3 Å². The first-order valence-corrected chi connectivity index (χ1v) is 7.57. The Morgan fingerprint density at radius 3 is 2.68 bits per heavy atom. The van der Waals surface area contributed by atoms with Crippen molar-refractivity contribution in [2.75, 3.05) is 0 Å². The maximum Gasteiger partial charge on any atom is 0.235 e. The highest BCUT2D eigenvalue weighted by atomic mass is 32.1. The van der Waals surface area contributed by atoms with Crippen molar-refractivity contribution >= 4 is 27.5 Å². The third-order valence-electron chi connectivity index (χ3n) is 4.40. The van der Waals surface area contributed by atoms with Gasteiger partial charge in [0.05, 0.1) is 5.54 Å². The van der Waals surface area contributed by atoms with Crippen molar-refractivity contribution in [3.63, 3.8) is 0 Å². The fourth-order valence-electron chi connectivity index (χ4n) is 3.15. The SMILES string of the molecule is Cc1sc2cc(C3(N=C=O)CCCC3)ccc2c1C. The first kappa shape index (κ1) is 12.6. The standard InChI is InChI=1S/C16H17NOS/c1-11-12(2)19-15-9-13(5-6-14(11)15)16(17-10-18)7-3-4-8-16/h5-6,9H,3-4,7-8H2,1-2H3. The van der Waals surface area contributed by atoms with Crippen molar-refractivity contribution in [2.24, 2.45) is 4.99 Å². The number of aliphatic imine (C=N–C) groups is 1. The third-order valence-corrected chi connectivity index (χ3v) is 5.57. The number of benzene rings is 1. The van der Waals surface area contributed by atoms with Crippen molar-refractivity contribution in [2.45, 2.75) is 45.1 Å². The van der Waals surface area contributed by atoms with E-state index >= 15 is 0 Å². The van der Waals surface area contributed by atoms with Gasteiger partial charge in [-0.05, 0) is 49.3 Å². The normalized spacial score (nSPS) is 17.6. The minimum absolute atomic E-state index is 0.304. The van der Waals surface area contributed by atoms with E-state index < -0.39 is 0 Å². The molecule has 3 heteroatoms. The summed E-state index contributed by atoms with van der Waals surface area (Å²) in [4.78, 5) is 16.3. The lowest BCUT2D eigenvalue weighted by molar-refractivity contribution is 0.456. The monoisotopic (exact) mass is 271 g/mol. The maximum absolute atomic E-state index is 10.8. The summed E-state index contributed by atoms with van der Waals surface area (Å²) in [5, 5.41) is 1.33. The Hall–Kier alpha value is -1.44. The third kappa shape index (κ3) is 1.94. The average molecular weight is 271 g/mol. The molecule has 1 fully saturated rings. The minimum Gasteiger partial charge on any atom is -0.211 e. The van der Waals surface area contributed by atoms with Gasteiger partial charge in [-0.15, -0.1) is 11.3 Å². The molecule has 19 heavy (non-hydrogen) atoms. The summed E-state index contributed by atoms with van der Waals surface area (Å²) in [6.45, 7) is 4.33. The van der Waals surface area contributed by atoms with E-state index in [0.29, 0.717) is 0 Å². The molecular formula is C16H17NOS. The van der Waals surface area contributed by atoms with Gasteiger partial charge in [-0.2, -0.15) is 4.99 Å². The number of nitrogens with zero attached hydrogens (tertiary/aromatic N) is 1. The number of aryl methyl sites for hydroxylation is 2. The second-order valence-electron chi connectivity index (χ2n) is 5.44. The molecule has 98 valence electrons. The van der Waals surface area contributed by atoms with Crippen molar-refractivity contribution in [3.05, 3.63) is 34.2 Å². The van der Waals surface area contributed by atoms with E-state index in [-0.39, 0.29) is 5.54 Å². The van der Waals surface area contributed by atoms with E-state index in [2.05, 4.69) is 37.0 Å². The zero-order valence-electron chi connectivity index (χ0n) is 11.3. The van der Waals surface area contributed by atoms with Crippen LogP contribution in [0.15, 0.2) is 23.2 Å².